The molecule has 2 aromatic heterocycles. The van der Waals surface area contributed by atoms with Crippen LogP contribution in [-0.2, 0) is 22.7 Å². The molecule has 2 aromatic rings. The molecule has 1 amide bonds. The van der Waals surface area contributed by atoms with Gasteiger partial charge in [0.2, 0.25) is 11.9 Å². The maximum absolute atomic E-state index is 12.6. The van der Waals surface area contributed by atoms with Crippen LogP contribution < -0.4 is 37.6 Å². The number of hydrogen-bond acceptors (Lipinski definition) is 12. The van der Waals surface area contributed by atoms with Crippen LogP contribution in [-0.4, -0.2) is 93.3 Å². The summed E-state index contributed by atoms with van der Waals surface area (Å²) in [6.07, 6.45) is 13.1. The van der Waals surface area contributed by atoms with Gasteiger partial charge in [-0.25, -0.2) is 0 Å². The second-order valence-electron chi connectivity index (χ2n) is 12.2. The normalized spacial score (nSPS) is 16.9. The van der Waals surface area contributed by atoms with Gasteiger partial charge in [0.15, 0.2) is 0 Å². The molecule has 0 spiro atoms. The van der Waals surface area contributed by atoms with Gasteiger partial charge in [-0.3, -0.25) is 14.3 Å². The minimum Gasteiger partial charge on any atom is -0.480 e. The molecular weight excluding hydrogens is 576 g/mol. The predicted molar refractivity (Wildman–Crippen MR) is 174 cm³/mol. The van der Waals surface area contributed by atoms with Crippen LogP contribution >= 0.6 is 0 Å². The molecule has 2 aliphatic rings. The molecular formula is C30H52N12O3. The Bertz CT molecular complexity index is 1180. The van der Waals surface area contributed by atoms with Gasteiger partial charge in [0.25, 0.3) is 0 Å². The zero-order chi connectivity index (χ0) is 31.9. The average molecular weight is 629 g/mol. The number of nitrogens with zero attached hydrogens (tertiary/aromatic N) is 6. The number of rotatable bonds is 19. The van der Waals surface area contributed by atoms with Gasteiger partial charge in [-0.05, 0) is 71.0 Å². The minimum absolute atomic E-state index is 0.00924. The summed E-state index contributed by atoms with van der Waals surface area (Å²) in [5, 5.41) is 30.7. The molecule has 45 heavy (non-hydrogen) atoms. The molecule has 15 nitrogen and oxygen atoms in total. The number of carbonyl (C=O) groups excluding carboxylic acids is 1. The largest absolute Gasteiger partial charge is 0.480 e. The number of carboxylic acids is 1. The zero-order valence-corrected chi connectivity index (χ0v) is 26.4. The third-order valence-corrected chi connectivity index (χ3v) is 8.55. The van der Waals surface area contributed by atoms with Crippen LogP contribution in [0.4, 0.5) is 17.6 Å². The SMILES string of the molecule is Nc1cc(N2CCC(C(=O)NCCC[C@H](N)C(=O)O)CC2)nc(NCc2cn(CCCNCCCNC3CCCCC3)nn2)n1. The Morgan fingerprint density at radius 3 is 2.56 bits per heavy atom. The lowest BCUT2D eigenvalue weighted by Gasteiger charge is -2.32. The zero-order valence-electron chi connectivity index (χ0n) is 26.4. The number of hydrogen-bond donors (Lipinski definition) is 7. The van der Waals surface area contributed by atoms with Crippen LogP contribution in [0.5, 0.6) is 0 Å². The van der Waals surface area contributed by atoms with Crippen LogP contribution in [0.15, 0.2) is 12.3 Å². The summed E-state index contributed by atoms with van der Waals surface area (Å²) in [6.45, 7) is 6.03. The highest BCUT2D eigenvalue weighted by Crippen LogP contribution is 2.24. The van der Waals surface area contributed by atoms with Crippen molar-refractivity contribution in [3.05, 3.63) is 18.0 Å². The van der Waals surface area contributed by atoms with E-state index in [0.717, 1.165) is 50.8 Å². The molecule has 0 aromatic carbocycles. The Kier molecular flexibility index (Phi) is 14.0. The number of aliphatic carboxylic acids is 1. The quantitative estimate of drug-likeness (QED) is 0.109. The Labute approximate surface area is 265 Å². The fourth-order valence-electron chi connectivity index (χ4n) is 5.88. The van der Waals surface area contributed by atoms with Gasteiger partial charge < -0.3 is 42.7 Å². The van der Waals surface area contributed by atoms with E-state index in [2.05, 4.69) is 46.4 Å². The summed E-state index contributed by atoms with van der Waals surface area (Å²) in [7, 11) is 0. The van der Waals surface area contributed by atoms with Gasteiger partial charge in [-0.1, -0.05) is 24.5 Å². The summed E-state index contributed by atoms with van der Waals surface area (Å²) in [5.41, 5.74) is 12.4. The molecule has 0 radical (unpaired) electrons. The fourth-order valence-corrected chi connectivity index (χ4v) is 5.88. The van der Waals surface area contributed by atoms with Crippen molar-refractivity contribution in [2.75, 3.05) is 55.2 Å². The van der Waals surface area contributed by atoms with Crippen molar-refractivity contribution in [3.8, 4) is 0 Å². The van der Waals surface area contributed by atoms with Crippen molar-refractivity contribution in [2.24, 2.45) is 11.7 Å². The molecule has 3 heterocycles. The van der Waals surface area contributed by atoms with Gasteiger partial charge in [-0.15, -0.1) is 5.10 Å². The Morgan fingerprint density at radius 2 is 1.78 bits per heavy atom. The number of carboxylic acid groups (broad SMARTS) is 1. The molecule has 2 fully saturated rings. The predicted octanol–water partition coefficient (Wildman–Crippen LogP) is 1.08. The van der Waals surface area contributed by atoms with E-state index in [-0.39, 0.29) is 11.8 Å². The van der Waals surface area contributed by atoms with Crippen molar-refractivity contribution in [3.63, 3.8) is 0 Å². The second kappa shape index (κ2) is 18.4. The number of nitrogens with one attached hydrogen (secondary N) is 4. The van der Waals surface area contributed by atoms with E-state index >= 15 is 0 Å². The molecule has 1 aliphatic carbocycles. The van der Waals surface area contributed by atoms with Gasteiger partial charge in [0.05, 0.1) is 12.7 Å². The van der Waals surface area contributed by atoms with E-state index in [1.54, 1.807) is 6.07 Å². The number of aryl methyl sites for hydroxylation is 1. The van der Waals surface area contributed by atoms with E-state index < -0.39 is 12.0 Å². The molecule has 250 valence electrons. The summed E-state index contributed by atoms with van der Waals surface area (Å²) < 4.78 is 1.86. The van der Waals surface area contributed by atoms with Gasteiger partial charge in [0, 0.05) is 44.2 Å². The highest BCUT2D eigenvalue weighted by molar-refractivity contribution is 5.79. The van der Waals surface area contributed by atoms with E-state index in [1.165, 1.54) is 32.1 Å². The summed E-state index contributed by atoms with van der Waals surface area (Å²) in [4.78, 5) is 34.5. The van der Waals surface area contributed by atoms with Crippen molar-refractivity contribution in [1.82, 2.24) is 40.9 Å². The van der Waals surface area contributed by atoms with Crippen molar-refractivity contribution in [2.45, 2.75) is 95.8 Å². The van der Waals surface area contributed by atoms with Crippen LogP contribution in [0.2, 0.25) is 0 Å². The Hall–Kier alpha value is -3.56. The number of nitrogens with two attached hydrogens (primary N) is 2. The van der Waals surface area contributed by atoms with Crippen molar-refractivity contribution >= 4 is 29.5 Å². The van der Waals surface area contributed by atoms with E-state index in [9.17, 15) is 9.59 Å². The van der Waals surface area contributed by atoms with E-state index in [0.29, 0.717) is 69.4 Å². The molecule has 4 rings (SSSR count). The smallest absolute Gasteiger partial charge is 0.320 e. The summed E-state index contributed by atoms with van der Waals surface area (Å²) in [5.74, 6) is 0.363. The van der Waals surface area contributed by atoms with Gasteiger partial charge in [0.1, 0.15) is 23.4 Å². The number of amides is 1. The van der Waals surface area contributed by atoms with Gasteiger partial charge in [-0.2, -0.15) is 9.97 Å². The van der Waals surface area contributed by atoms with Crippen molar-refractivity contribution < 1.29 is 14.7 Å². The highest BCUT2D eigenvalue weighted by Gasteiger charge is 2.26. The molecule has 9 N–H and O–H groups in total. The first-order chi connectivity index (χ1) is 21.9. The topological polar surface area (TPSA) is 214 Å². The van der Waals surface area contributed by atoms with Crippen LogP contribution in [0, 0.1) is 5.92 Å². The number of aromatic nitrogens is 5. The number of anilines is 3. The Balaban J connectivity index is 1.10. The number of carbonyl (C=O) groups is 2. The highest BCUT2D eigenvalue weighted by atomic mass is 16.4. The molecule has 15 heteroatoms. The fraction of sp³-hybridized carbons (Fsp3) is 0.733. The first-order valence-electron chi connectivity index (χ1n) is 16.6. The maximum Gasteiger partial charge on any atom is 0.320 e. The third kappa shape index (κ3) is 12.0. The second-order valence-corrected chi connectivity index (χ2v) is 12.2. The summed E-state index contributed by atoms with van der Waals surface area (Å²) in [6, 6.07) is 1.57. The van der Waals surface area contributed by atoms with Crippen LogP contribution in [0.3, 0.4) is 0 Å². The monoisotopic (exact) mass is 628 g/mol. The van der Waals surface area contributed by atoms with Crippen LogP contribution in [0.1, 0.15) is 76.3 Å². The Morgan fingerprint density at radius 1 is 1.00 bits per heavy atom. The third-order valence-electron chi connectivity index (χ3n) is 8.55. The van der Waals surface area contributed by atoms with E-state index in [4.69, 9.17) is 16.6 Å². The lowest BCUT2D eigenvalue weighted by molar-refractivity contribution is -0.138. The van der Waals surface area contributed by atoms with Crippen molar-refractivity contribution in [1.29, 1.82) is 0 Å². The molecule has 1 atom stereocenters. The lowest BCUT2D eigenvalue weighted by Crippen LogP contribution is -2.41. The molecule has 1 aliphatic heterocycles. The lowest BCUT2D eigenvalue weighted by atomic mass is 9.95. The standard InChI is InChI=1S/C30H52N12O3/c31-25(29(44)45)9-4-14-35-28(43)22-10-17-41(18-11-22)27-19-26(32)37-30(38-27)36-20-24-21-42(40-39-24)16-6-13-33-12-5-15-34-23-7-2-1-3-8-23/h19,21-23,25,33-34H,1-18,20,31H2,(H,35,43)(H,44,45)(H3,32,36,37,38)/t25-/m0/s1. The minimum atomic E-state index is -1.03. The molecule has 1 saturated heterocycles. The van der Waals surface area contributed by atoms with E-state index in [1.807, 2.05) is 10.9 Å². The molecule has 0 unspecified atom stereocenters. The first kappa shape index (κ1) is 34.3. The average Bonchev–Trinajstić information content (AvgIpc) is 3.51. The van der Waals surface area contributed by atoms with Gasteiger partial charge >= 0.3 is 5.97 Å². The maximum atomic E-state index is 12.6. The molecule has 0 bridgehead atoms. The number of piperidine rings is 1. The number of nitrogen functional groups attached to an aromatic ring is 1. The first-order valence-corrected chi connectivity index (χ1v) is 16.6. The summed E-state index contributed by atoms with van der Waals surface area (Å²) >= 11 is 0. The van der Waals surface area contributed by atoms with Crippen LogP contribution in [0.25, 0.3) is 0 Å². The molecule has 1 saturated carbocycles.